The highest BCUT2D eigenvalue weighted by Crippen LogP contribution is 2.18. The first-order valence-electron chi connectivity index (χ1n) is 7.23. The lowest BCUT2D eigenvalue weighted by Gasteiger charge is -2.06. The van der Waals surface area contributed by atoms with Crippen molar-refractivity contribution in [3.63, 3.8) is 0 Å². The Hall–Kier alpha value is -2.89. The van der Waals surface area contributed by atoms with Crippen LogP contribution in [0.15, 0.2) is 36.4 Å². The van der Waals surface area contributed by atoms with Crippen molar-refractivity contribution in [3.8, 4) is 5.69 Å². The number of carboxylic acid groups (broad SMARTS) is 1. The third-order valence-electron chi connectivity index (χ3n) is 3.48. The first kappa shape index (κ1) is 16.5. The summed E-state index contributed by atoms with van der Waals surface area (Å²) >= 11 is 0. The minimum Gasteiger partial charge on any atom is -0.480 e. The smallest absolute Gasteiger partial charge is 0.325 e. The van der Waals surface area contributed by atoms with Crippen LogP contribution in [0.2, 0.25) is 0 Å². The van der Waals surface area contributed by atoms with Crippen molar-refractivity contribution >= 4 is 18.0 Å². The van der Waals surface area contributed by atoms with E-state index in [0.717, 1.165) is 22.6 Å². The molecule has 0 aliphatic heterocycles. The topological polar surface area (TPSA) is 84.2 Å². The number of hydrogen-bond acceptors (Lipinski definition) is 3. The molecule has 0 aliphatic rings. The molecular formula is C17H19N3O3. The number of carbonyl (C=O) groups excluding carboxylic acids is 1. The van der Waals surface area contributed by atoms with E-state index >= 15 is 0 Å². The van der Waals surface area contributed by atoms with Crippen LogP contribution in [0.5, 0.6) is 0 Å². The Morgan fingerprint density at radius 1 is 1.26 bits per heavy atom. The number of nitrogens with one attached hydrogen (secondary N) is 1. The van der Waals surface area contributed by atoms with E-state index in [4.69, 9.17) is 5.11 Å². The summed E-state index contributed by atoms with van der Waals surface area (Å²) in [6, 6.07) is 8.78. The van der Waals surface area contributed by atoms with Crippen LogP contribution in [0.4, 0.5) is 0 Å². The molecule has 0 spiro atoms. The second-order valence-corrected chi connectivity index (χ2v) is 5.23. The summed E-state index contributed by atoms with van der Waals surface area (Å²) < 4.78 is 1.81. The lowest BCUT2D eigenvalue weighted by molar-refractivity contribution is -0.140. The lowest BCUT2D eigenvalue weighted by atomic mass is 10.2. The van der Waals surface area contributed by atoms with Gasteiger partial charge in [0.05, 0.1) is 11.4 Å². The van der Waals surface area contributed by atoms with Gasteiger partial charge in [0.1, 0.15) is 6.04 Å². The molecule has 1 atom stereocenters. The van der Waals surface area contributed by atoms with Gasteiger partial charge in [-0.25, -0.2) is 4.68 Å². The number of hydrogen-bond donors (Lipinski definition) is 2. The third-order valence-corrected chi connectivity index (χ3v) is 3.48. The Labute approximate surface area is 134 Å². The van der Waals surface area contributed by atoms with Crippen LogP contribution in [0.1, 0.15) is 23.9 Å². The first-order valence-corrected chi connectivity index (χ1v) is 7.23. The summed E-state index contributed by atoms with van der Waals surface area (Å²) in [5, 5.41) is 15.6. The zero-order chi connectivity index (χ0) is 17.0. The number of aliphatic carboxylic acids is 1. The van der Waals surface area contributed by atoms with Crippen LogP contribution in [-0.2, 0) is 9.59 Å². The van der Waals surface area contributed by atoms with Gasteiger partial charge in [0.25, 0.3) is 0 Å². The zero-order valence-corrected chi connectivity index (χ0v) is 13.3. The maximum absolute atomic E-state index is 11.7. The van der Waals surface area contributed by atoms with Crippen LogP contribution in [0, 0.1) is 13.8 Å². The average molecular weight is 313 g/mol. The predicted molar refractivity (Wildman–Crippen MR) is 87.3 cm³/mol. The fourth-order valence-electron chi connectivity index (χ4n) is 2.20. The largest absolute Gasteiger partial charge is 0.480 e. The second-order valence-electron chi connectivity index (χ2n) is 5.23. The second kappa shape index (κ2) is 6.91. The fourth-order valence-corrected chi connectivity index (χ4v) is 2.20. The van der Waals surface area contributed by atoms with Crippen molar-refractivity contribution < 1.29 is 14.7 Å². The SMILES string of the molecule is Cc1nn(-c2ccccc2)c(C)c1C=CC(=O)NC(C)C(=O)O. The Balaban J connectivity index is 2.21. The minimum atomic E-state index is -1.07. The van der Waals surface area contributed by atoms with E-state index in [1.54, 1.807) is 6.08 Å². The summed E-state index contributed by atoms with van der Waals surface area (Å²) in [7, 11) is 0. The maximum atomic E-state index is 11.7. The van der Waals surface area contributed by atoms with E-state index in [9.17, 15) is 9.59 Å². The number of nitrogens with zero attached hydrogens (tertiary/aromatic N) is 2. The van der Waals surface area contributed by atoms with Gasteiger partial charge in [0.15, 0.2) is 0 Å². The van der Waals surface area contributed by atoms with Gasteiger partial charge in [0.2, 0.25) is 5.91 Å². The molecular weight excluding hydrogens is 294 g/mol. The van der Waals surface area contributed by atoms with Crippen LogP contribution in [0.3, 0.4) is 0 Å². The number of aryl methyl sites for hydroxylation is 1. The number of carbonyl (C=O) groups is 2. The normalized spacial score (nSPS) is 12.3. The van der Waals surface area contributed by atoms with Crippen molar-refractivity contribution in [2.45, 2.75) is 26.8 Å². The molecule has 6 heteroatoms. The first-order chi connectivity index (χ1) is 10.9. The molecule has 1 aromatic carbocycles. The molecule has 0 fully saturated rings. The molecule has 1 unspecified atom stereocenters. The number of amides is 1. The van der Waals surface area contributed by atoms with Crippen molar-refractivity contribution in [1.29, 1.82) is 0 Å². The Bertz CT molecular complexity index is 748. The van der Waals surface area contributed by atoms with Crippen LogP contribution >= 0.6 is 0 Å². The van der Waals surface area contributed by atoms with Gasteiger partial charge in [-0.05, 0) is 39.0 Å². The molecule has 0 saturated heterocycles. The van der Waals surface area contributed by atoms with Crippen LogP contribution < -0.4 is 5.32 Å². The summed E-state index contributed by atoms with van der Waals surface area (Å²) in [6.07, 6.45) is 2.98. The average Bonchev–Trinajstić information content (AvgIpc) is 2.80. The van der Waals surface area contributed by atoms with Crippen LogP contribution in [0.25, 0.3) is 11.8 Å². The standard InChI is InChI=1S/C17H19N3O3/c1-11-15(9-10-16(21)18-12(2)17(22)23)13(3)20(19-11)14-7-5-4-6-8-14/h4-10,12H,1-3H3,(H,18,21)(H,22,23). The number of benzene rings is 1. The summed E-state index contributed by atoms with van der Waals surface area (Å²) in [5.41, 5.74) is 3.48. The van der Waals surface area contributed by atoms with Gasteiger partial charge in [0, 0.05) is 17.3 Å². The van der Waals surface area contributed by atoms with Gasteiger partial charge in [-0.1, -0.05) is 18.2 Å². The Morgan fingerprint density at radius 3 is 2.52 bits per heavy atom. The highest BCUT2D eigenvalue weighted by atomic mass is 16.4. The molecule has 6 nitrogen and oxygen atoms in total. The molecule has 2 aromatic rings. The monoisotopic (exact) mass is 313 g/mol. The van der Waals surface area contributed by atoms with Crippen molar-refractivity contribution in [1.82, 2.24) is 15.1 Å². The van der Waals surface area contributed by atoms with E-state index in [2.05, 4.69) is 10.4 Å². The predicted octanol–water partition coefficient (Wildman–Crippen LogP) is 2.09. The molecule has 2 rings (SSSR count). The number of carboxylic acids is 1. The Kier molecular flexibility index (Phi) is 4.95. The van der Waals surface area contributed by atoms with Crippen LogP contribution in [-0.4, -0.2) is 32.8 Å². The quantitative estimate of drug-likeness (QED) is 0.828. The maximum Gasteiger partial charge on any atom is 0.325 e. The van der Waals surface area contributed by atoms with Crippen molar-refractivity contribution in [2.75, 3.05) is 0 Å². The van der Waals surface area contributed by atoms with Gasteiger partial charge >= 0.3 is 5.97 Å². The van der Waals surface area contributed by atoms with Gasteiger partial charge in [-0.2, -0.15) is 5.10 Å². The number of rotatable bonds is 5. The molecule has 0 saturated carbocycles. The highest BCUT2D eigenvalue weighted by Gasteiger charge is 2.13. The molecule has 1 heterocycles. The Morgan fingerprint density at radius 2 is 1.91 bits per heavy atom. The van der Waals surface area contributed by atoms with E-state index < -0.39 is 17.9 Å². The molecule has 1 aromatic heterocycles. The van der Waals surface area contributed by atoms with E-state index in [0.29, 0.717) is 0 Å². The van der Waals surface area contributed by atoms with E-state index in [1.807, 2.05) is 48.9 Å². The molecule has 23 heavy (non-hydrogen) atoms. The molecule has 0 bridgehead atoms. The molecule has 2 N–H and O–H groups in total. The summed E-state index contributed by atoms with van der Waals surface area (Å²) in [4.78, 5) is 22.5. The summed E-state index contributed by atoms with van der Waals surface area (Å²) in [5.74, 6) is -1.53. The van der Waals surface area contributed by atoms with E-state index in [-0.39, 0.29) is 0 Å². The lowest BCUT2D eigenvalue weighted by Crippen LogP contribution is -2.37. The van der Waals surface area contributed by atoms with Gasteiger partial charge in [-0.15, -0.1) is 0 Å². The third kappa shape index (κ3) is 3.85. The van der Waals surface area contributed by atoms with Crippen molar-refractivity contribution in [3.05, 3.63) is 53.4 Å². The minimum absolute atomic E-state index is 0.453. The number of para-hydroxylation sites is 1. The van der Waals surface area contributed by atoms with Gasteiger partial charge < -0.3 is 10.4 Å². The fraction of sp³-hybridized carbons (Fsp3) is 0.235. The zero-order valence-electron chi connectivity index (χ0n) is 13.3. The molecule has 120 valence electrons. The number of aromatic nitrogens is 2. The van der Waals surface area contributed by atoms with Gasteiger partial charge in [-0.3, -0.25) is 9.59 Å². The highest BCUT2D eigenvalue weighted by molar-refractivity contribution is 5.94. The van der Waals surface area contributed by atoms with E-state index in [1.165, 1.54) is 13.0 Å². The summed E-state index contributed by atoms with van der Waals surface area (Å²) in [6.45, 7) is 5.20. The molecule has 1 amide bonds. The van der Waals surface area contributed by atoms with Crippen molar-refractivity contribution in [2.24, 2.45) is 0 Å². The molecule has 0 aliphatic carbocycles. The molecule has 0 radical (unpaired) electrons.